The lowest BCUT2D eigenvalue weighted by Gasteiger charge is -2.22. The number of aromatic hydroxyl groups is 1. The largest absolute Gasteiger partial charge is 0.506 e. The molecule has 2 aromatic carbocycles. The molecule has 27 heavy (non-hydrogen) atoms. The molecule has 6 nitrogen and oxygen atoms in total. The van der Waals surface area contributed by atoms with Gasteiger partial charge in [-0.25, -0.2) is 14.8 Å². The summed E-state index contributed by atoms with van der Waals surface area (Å²) in [6.07, 6.45) is 0.581. The minimum atomic E-state index is -0.363. The van der Waals surface area contributed by atoms with Gasteiger partial charge in [-0.05, 0) is 25.5 Å². The Morgan fingerprint density at radius 3 is 2.70 bits per heavy atom. The molecule has 0 saturated carbocycles. The molecule has 0 amide bonds. The molecule has 1 atom stereocenters. The highest BCUT2D eigenvalue weighted by Gasteiger charge is 2.34. The first-order valence-electron chi connectivity index (χ1n) is 9.01. The van der Waals surface area contributed by atoms with Crippen molar-refractivity contribution in [2.24, 2.45) is 9.98 Å². The van der Waals surface area contributed by atoms with Gasteiger partial charge >= 0.3 is 5.97 Å². The van der Waals surface area contributed by atoms with Crippen LogP contribution in [0.3, 0.4) is 0 Å². The zero-order valence-corrected chi connectivity index (χ0v) is 15.6. The van der Waals surface area contributed by atoms with Crippen LogP contribution in [-0.4, -0.2) is 36.6 Å². The van der Waals surface area contributed by atoms with Crippen molar-refractivity contribution >= 4 is 28.8 Å². The van der Waals surface area contributed by atoms with Crippen LogP contribution in [0.5, 0.6) is 5.75 Å². The maximum absolute atomic E-state index is 12.5. The number of ether oxygens (including phenoxy) is 1. The summed E-state index contributed by atoms with van der Waals surface area (Å²) in [6.45, 7) is 4.03. The second-order valence-electron chi connectivity index (χ2n) is 6.71. The van der Waals surface area contributed by atoms with Crippen LogP contribution in [0.4, 0.5) is 11.4 Å². The Labute approximate surface area is 157 Å². The van der Waals surface area contributed by atoms with Gasteiger partial charge in [-0.2, -0.15) is 0 Å². The number of amidine groups is 1. The SMILES string of the molecule is CCOC(=O)C1=c2cc(O)c3c(c2N(C)C1C)N=C(Cc1ccccc1)N=3. The van der Waals surface area contributed by atoms with Gasteiger partial charge in [0.25, 0.3) is 0 Å². The van der Waals surface area contributed by atoms with Crippen molar-refractivity contribution in [2.45, 2.75) is 26.3 Å². The van der Waals surface area contributed by atoms with Crippen molar-refractivity contribution < 1.29 is 14.6 Å². The van der Waals surface area contributed by atoms with Crippen LogP contribution in [0.1, 0.15) is 19.4 Å². The lowest BCUT2D eigenvalue weighted by atomic mass is 10.1. The molecule has 1 unspecified atom stereocenters. The first-order chi connectivity index (χ1) is 13.0. The van der Waals surface area contributed by atoms with Crippen LogP contribution >= 0.6 is 0 Å². The molecule has 2 aromatic rings. The van der Waals surface area contributed by atoms with Crippen LogP contribution in [0.25, 0.3) is 5.57 Å². The maximum Gasteiger partial charge on any atom is 0.336 e. The normalized spacial score (nSPS) is 17.3. The van der Waals surface area contributed by atoms with Gasteiger partial charge in [0.1, 0.15) is 22.6 Å². The van der Waals surface area contributed by atoms with Crippen molar-refractivity contribution in [3.8, 4) is 5.75 Å². The lowest BCUT2D eigenvalue weighted by molar-refractivity contribution is -0.136. The predicted molar refractivity (Wildman–Crippen MR) is 104 cm³/mol. The van der Waals surface area contributed by atoms with E-state index < -0.39 is 0 Å². The van der Waals surface area contributed by atoms with Crippen molar-refractivity contribution in [1.82, 2.24) is 0 Å². The van der Waals surface area contributed by atoms with Crippen molar-refractivity contribution in [1.29, 1.82) is 0 Å². The third-order valence-electron chi connectivity index (χ3n) is 5.05. The molecule has 138 valence electrons. The summed E-state index contributed by atoms with van der Waals surface area (Å²) >= 11 is 0. The fourth-order valence-corrected chi connectivity index (χ4v) is 3.66. The summed E-state index contributed by atoms with van der Waals surface area (Å²) < 4.78 is 5.22. The van der Waals surface area contributed by atoms with E-state index in [1.807, 2.05) is 49.2 Å². The number of hydrogen-bond acceptors (Lipinski definition) is 6. The Morgan fingerprint density at radius 2 is 2.00 bits per heavy atom. The van der Waals surface area contributed by atoms with Crippen molar-refractivity contribution in [3.05, 3.63) is 52.5 Å². The third-order valence-corrected chi connectivity index (χ3v) is 5.05. The second-order valence-corrected chi connectivity index (χ2v) is 6.71. The highest BCUT2D eigenvalue weighted by Crippen LogP contribution is 2.34. The standard InChI is InChI=1S/C21H21N3O3/c1-4-27-21(26)17-12(2)24(3)20-14(17)11-15(25)18-19(20)23-16(22-18)10-13-8-6-5-7-9-13/h5-9,11-12,25H,4,10H2,1-3H3. The Morgan fingerprint density at radius 1 is 1.26 bits per heavy atom. The van der Waals surface area contributed by atoms with E-state index >= 15 is 0 Å². The molecule has 0 aliphatic carbocycles. The van der Waals surface area contributed by atoms with E-state index in [0.29, 0.717) is 40.7 Å². The highest BCUT2D eigenvalue weighted by molar-refractivity contribution is 6.15. The van der Waals surface area contributed by atoms with Gasteiger partial charge in [0.2, 0.25) is 0 Å². The summed E-state index contributed by atoms with van der Waals surface area (Å²) in [7, 11) is 1.91. The van der Waals surface area contributed by atoms with E-state index in [4.69, 9.17) is 4.74 Å². The first-order valence-corrected chi connectivity index (χ1v) is 9.01. The number of anilines is 1. The molecule has 1 N–H and O–H groups in total. The van der Waals surface area contributed by atoms with E-state index in [0.717, 1.165) is 11.3 Å². The van der Waals surface area contributed by atoms with E-state index in [2.05, 4.69) is 9.98 Å². The van der Waals surface area contributed by atoms with Gasteiger partial charge in [-0.15, -0.1) is 0 Å². The molecule has 6 heteroatoms. The summed E-state index contributed by atoms with van der Waals surface area (Å²) in [5.74, 6) is 0.309. The topological polar surface area (TPSA) is 74.5 Å². The Balaban J connectivity index is 1.85. The second kappa shape index (κ2) is 6.54. The van der Waals surface area contributed by atoms with Crippen LogP contribution in [0.2, 0.25) is 0 Å². The van der Waals surface area contributed by atoms with Gasteiger partial charge in [0.15, 0.2) is 0 Å². The number of benzene rings is 2. The fraction of sp³-hybridized carbons (Fsp3) is 0.286. The van der Waals surface area contributed by atoms with Crippen LogP contribution < -0.4 is 15.5 Å². The van der Waals surface area contributed by atoms with E-state index in [9.17, 15) is 9.90 Å². The third kappa shape index (κ3) is 2.77. The van der Waals surface area contributed by atoms with E-state index in [1.165, 1.54) is 0 Å². The summed E-state index contributed by atoms with van der Waals surface area (Å²) in [5, 5.41) is 11.7. The molecular formula is C21H21N3O3. The molecule has 0 aromatic heterocycles. The molecule has 2 aliphatic rings. The number of carbonyl (C=O) groups is 1. The zero-order chi connectivity index (χ0) is 19.1. The highest BCUT2D eigenvalue weighted by atomic mass is 16.5. The smallest absolute Gasteiger partial charge is 0.336 e. The van der Waals surface area contributed by atoms with Crippen molar-refractivity contribution in [2.75, 3.05) is 18.6 Å². The molecule has 2 aliphatic heterocycles. The Bertz CT molecular complexity index is 1070. The van der Waals surface area contributed by atoms with Gasteiger partial charge in [0.05, 0.1) is 23.9 Å². The van der Waals surface area contributed by atoms with Crippen LogP contribution in [-0.2, 0) is 16.0 Å². The minimum absolute atomic E-state index is 0.0276. The van der Waals surface area contributed by atoms with Gasteiger partial charge in [-0.1, -0.05) is 30.3 Å². The van der Waals surface area contributed by atoms with Gasteiger partial charge in [0, 0.05) is 18.7 Å². The quantitative estimate of drug-likeness (QED) is 0.842. The predicted octanol–water partition coefficient (Wildman–Crippen LogP) is 1.85. The van der Waals surface area contributed by atoms with Crippen LogP contribution in [0.15, 0.2) is 46.4 Å². The molecule has 4 rings (SSSR count). The fourth-order valence-electron chi connectivity index (χ4n) is 3.66. The number of phenols is 1. The summed E-state index contributed by atoms with van der Waals surface area (Å²) in [4.78, 5) is 23.7. The lowest BCUT2D eigenvalue weighted by Crippen LogP contribution is -2.28. The number of nitrogens with zero attached hydrogens (tertiary/aromatic N) is 3. The molecular weight excluding hydrogens is 342 g/mol. The number of fused-ring (bicyclic) bond motifs is 3. The summed E-state index contributed by atoms with van der Waals surface area (Å²) in [5.41, 5.74) is 3.07. The molecule has 0 radical (unpaired) electrons. The van der Waals surface area contributed by atoms with Crippen molar-refractivity contribution in [3.63, 3.8) is 0 Å². The molecule has 2 heterocycles. The number of hydrogen-bond donors (Lipinski definition) is 1. The number of phenolic OH excluding ortho intramolecular Hbond substituents is 1. The number of aliphatic imine (C=N–C) groups is 1. The monoisotopic (exact) mass is 363 g/mol. The Hall–Kier alpha value is -3.15. The number of esters is 1. The van der Waals surface area contributed by atoms with Crippen LogP contribution in [0, 0.1) is 0 Å². The zero-order valence-electron chi connectivity index (χ0n) is 15.6. The number of carbonyl (C=O) groups excluding carboxylic acids is 1. The molecule has 0 bridgehead atoms. The van der Waals surface area contributed by atoms with Gasteiger partial charge < -0.3 is 14.7 Å². The summed E-state index contributed by atoms with van der Waals surface area (Å²) in [6, 6.07) is 11.4. The molecule has 0 spiro atoms. The average Bonchev–Trinajstić information content (AvgIpc) is 3.16. The van der Waals surface area contributed by atoms with E-state index in [1.54, 1.807) is 13.0 Å². The number of rotatable bonds is 4. The molecule has 0 saturated heterocycles. The minimum Gasteiger partial charge on any atom is -0.506 e. The first kappa shape index (κ1) is 17.3. The van der Waals surface area contributed by atoms with E-state index in [-0.39, 0.29) is 17.8 Å². The average molecular weight is 363 g/mol. The molecule has 0 fully saturated rings. The maximum atomic E-state index is 12.5. The van der Waals surface area contributed by atoms with Gasteiger partial charge in [-0.3, -0.25) is 0 Å². The Kier molecular flexibility index (Phi) is 4.18.